The molecule has 1 aliphatic heterocycles. The molecule has 1 aromatic heterocycles. The molecule has 3 atom stereocenters. The van der Waals surface area contributed by atoms with Crippen LogP contribution >= 0.6 is 0 Å². The van der Waals surface area contributed by atoms with Crippen LogP contribution in [-0.2, 0) is 24.6 Å². The fourth-order valence-corrected chi connectivity index (χ4v) is 2.96. The lowest BCUT2D eigenvalue weighted by Crippen LogP contribution is -2.38. The molecule has 4 heteroatoms. The Morgan fingerprint density at radius 1 is 1.53 bits per heavy atom. The standard InChI is InChI=1S/C15H27N3O/c1-5-13-8-14(18(4)17-13)9-15(16-6-2)12-7-11(3)19-10-12/h8,11-12,15-16H,5-7,9-10H2,1-4H3. The largest absolute Gasteiger partial charge is 0.378 e. The van der Waals surface area contributed by atoms with Gasteiger partial charge in [-0.05, 0) is 32.4 Å². The Bertz CT molecular complexity index is 402. The first-order valence-electron chi connectivity index (χ1n) is 7.50. The molecular weight excluding hydrogens is 238 g/mol. The average Bonchev–Trinajstić information content (AvgIpc) is 2.96. The van der Waals surface area contributed by atoms with E-state index in [4.69, 9.17) is 4.74 Å². The first kappa shape index (κ1) is 14.5. The smallest absolute Gasteiger partial charge is 0.0624 e. The zero-order chi connectivity index (χ0) is 13.8. The molecule has 0 aromatic carbocycles. The van der Waals surface area contributed by atoms with Gasteiger partial charge in [0.25, 0.3) is 0 Å². The molecule has 19 heavy (non-hydrogen) atoms. The summed E-state index contributed by atoms with van der Waals surface area (Å²) >= 11 is 0. The van der Waals surface area contributed by atoms with Gasteiger partial charge in [0.05, 0.1) is 18.4 Å². The minimum atomic E-state index is 0.406. The molecule has 3 unspecified atom stereocenters. The molecule has 4 nitrogen and oxygen atoms in total. The van der Waals surface area contributed by atoms with Crippen LogP contribution in [0.3, 0.4) is 0 Å². The summed E-state index contributed by atoms with van der Waals surface area (Å²) < 4.78 is 7.75. The molecule has 0 bridgehead atoms. The summed E-state index contributed by atoms with van der Waals surface area (Å²) in [6, 6.07) is 2.74. The van der Waals surface area contributed by atoms with Gasteiger partial charge in [-0.1, -0.05) is 13.8 Å². The molecule has 0 saturated carbocycles. The van der Waals surface area contributed by atoms with Crippen LogP contribution in [0.4, 0.5) is 0 Å². The Morgan fingerprint density at radius 2 is 2.32 bits per heavy atom. The van der Waals surface area contributed by atoms with Gasteiger partial charge in [-0.2, -0.15) is 5.10 Å². The number of hydrogen-bond acceptors (Lipinski definition) is 3. The van der Waals surface area contributed by atoms with Gasteiger partial charge < -0.3 is 10.1 Å². The van der Waals surface area contributed by atoms with Crippen molar-refractivity contribution in [3.8, 4) is 0 Å². The van der Waals surface area contributed by atoms with Gasteiger partial charge >= 0.3 is 0 Å². The van der Waals surface area contributed by atoms with E-state index in [0.29, 0.717) is 18.1 Å². The number of hydrogen-bond donors (Lipinski definition) is 1. The fraction of sp³-hybridized carbons (Fsp3) is 0.800. The van der Waals surface area contributed by atoms with Crippen molar-refractivity contribution in [2.24, 2.45) is 13.0 Å². The maximum absolute atomic E-state index is 5.72. The predicted octanol–water partition coefficient (Wildman–Crippen LogP) is 1.93. The lowest BCUT2D eigenvalue weighted by molar-refractivity contribution is 0.117. The summed E-state index contributed by atoms with van der Waals surface area (Å²) in [7, 11) is 2.05. The van der Waals surface area contributed by atoms with Gasteiger partial charge in [-0.3, -0.25) is 4.68 Å². The number of likely N-dealkylation sites (N-methyl/N-ethyl adjacent to an activating group) is 1. The third kappa shape index (κ3) is 3.57. The normalized spacial score (nSPS) is 24.8. The van der Waals surface area contributed by atoms with Crippen LogP contribution in [0.15, 0.2) is 6.07 Å². The van der Waals surface area contributed by atoms with Crippen molar-refractivity contribution >= 4 is 0 Å². The SMILES string of the molecule is CCNC(Cc1cc(CC)nn1C)C1COC(C)C1. The van der Waals surface area contributed by atoms with Gasteiger partial charge in [-0.25, -0.2) is 0 Å². The van der Waals surface area contributed by atoms with Crippen molar-refractivity contribution in [2.75, 3.05) is 13.2 Å². The Balaban J connectivity index is 2.05. The highest BCUT2D eigenvalue weighted by Crippen LogP contribution is 2.24. The fourth-order valence-electron chi connectivity index (χ4n) is 2.96. The number of nitrogens with one attached hydrogen (secondary N) is 1. The van der Waals surface area contributed by atoms with E-state index in [2.05, 4.69) is 37.3 Å². The van der Waals surface area contributed by atoms with Crippen molar-refractivity contribution < 1.29 is 4.74 Å². The minimum absolute atomic E-state index is 0.406. The first-order valence-corrected chi connectivity index (χ1v) is 7.50. The van der Waals surface area contributed by atoms with Crippen LogP contribution in [0.5, 0.6) is 0 Å². The van der Waals surface area contributed by atoms with Crippen molar-refractivity contribution in [1.82, 2.24) is 15.1 Å². The molecule has 1 fully saturated rings. The van der Waals surface area contributed by atoms with E-state index >= 15 is 0 Å². The lowest BCUT2D eigenvalue weighted by atomic mass is 9.93. The van der Waals surface area contributed by atoms with Gasteiger partial charge in [0.1, 0.15) is 0 Å². The highest BCUT2D eigenvalue weighted by atomic mass is 16.5. The molecule has 1 aliphatic rings. The second kappa shape index (κ2) is 6.53. The highest BCUT2D eigenvalue weighted by molar-refractivity contribution is 5.12. The number of aromatic nitrogens is 2. The maximum Gasteiger partial charge on any atom is 0.0624 e. The number of aryl methyl sites for hydroxylation is 2. The van der Waals surface area contributed by atoms with Crippen LogP contribution in [0.2, 0.25) is 0 Å². The molecule has 0 aliphatic carbocycles. The molecule has 1 N–H and O–H groups in total. The molecule has 0 spiro atoms. The highest BCUT2D eigenvalue weighted by Gasteiger charge is 2.29. The van der Waals surface area contributed by atoms with E-state index in [1.54, 1.807) is 0 Å². The molecule has 0 amide bonds. The molecule has 0 radical (unpaired) electrons. The van der Waals surface area contributed by atoms with E-state index in [1.807, 2.05) is 11.7 Å². The molecule has 2 heterocycles. The number of nitrogens with zero attached hydrogens (tertiary/aromatic N) is 2. The quantitative estimate of drug-likeness (QED) is 0.854. The van der Waals surface area contributed by atoms with Crippen molar-refractivity contribution in [2.45, 2.75) is 52.2 Å². The van der Waals surface area contributed by atoms with Gasteiger partial charge in [-0.15, -0.1) is 0 Å². The molecular formula is C15H27N3O. The van der Waals surface area contributed by atoms with Crippen LogP contribution < -0.4 is 5.32 Å². The minimum Gasteiger partial charge on any atom is -0.378 e. The van der Waals surface area contributed by atoms with Gasteiger partial charge in [0.2, 0.25) is 0 Å². The van der Waals surface area contributed by atoms with Gasteiger partial charge in [0, 0.05) is 31.1 Å². The van der Waals surface area contributed by atoms with Crippen molar-refractivity contribution in [3.05, 3.63) is 17.5 Å². The van der Waals surface area contributed by atoms with Crippen LogP contribution in [-0.4, -0.2) is 35.1 Å². The summed E-state index contributed by atoms with van der Waals surface area (Å²) in [6.07, 6.45) is 3.61. The second-order valence-corrected chi connectivity index (χ2v) is 5.61. The number of rotatable bonds is 6. The van der Waals surface area contributed by atoms with Crippen molar-refractivity contribution in [3.63, 3.8) is 0 Å². The lowest BCUT2D eigenvalue weighted by Gasteiger charge is -2.23. The zero-order valence-corrected chi connectivity index (χ0v) is 12.6. The third-order valence-corrected chi connectivity index (χ3v) is 4.08. The number of ether oxygens (including phenoxy) is 1. The Morgan fingerprint density at radius 3 is 2.84 bits per heavy atom. The van der Waals surface area contributed by atoms with Crippen molar-refractivity contribution in [1.29, 1.82) is 0 Å². The van der Waals surface area contributed by atoms with E-state index in [9.17, 15) is 0 Å². The predicted molar refractivity (Wildman–Crippen MR) is 77.3 cm³/mol. The van der Waals surface area contributed by atoms with E-state index in [1.165, 1.54) is 11.4 Å². The summed E-state index contributed by atoms with van der Waals surface area (Å²) in [6.45, 7) is 8.39. The monoisotopic (exact) mass is 265 g/mol. The molecule has 1 aromatic rings. The second-order valence-electron chi connectivity index (χ2n) is 5.61. The summed E-state index contributed by atoms with van der Waals surface area (Å²) in [5, 5.41) is 8.17. The summed E-state index contributed by atoms with van der Waals surface area (Å²) in [5.41, 5.74) is 2.51. The van der Waals surface area contributed by atoms with E-state index in [-0.39, 0.29) is 0 Å². The average molecular weight is 265 g/mol. The summed E-state index contributed by atoms with van der Waals surface area (Å²) in [5.74, 6) is 0.620. The van der Waals surface area contributed by atoms with E-state index < -0.39 is 0 Å². The molecule has 2 rings (SSSR count). The van der Waals surface area contributed by atoms with Gasteiger partial charge in [0.15, 0.2) is 0 Å². The molecule has 108 valence electrons. The van der Waals surface area contributed by atoms with Crippen LogP contribution in [0.1, 0.15) is 38.6 Å². The maximum atomic E-state index is 5.72. The first-order chi connectivity index (χ1) is 9.13. The zero-order valence-electron chi connectivity index (χ0n) is 12.6. The Kier molecular flexibility index (Phi) is 4.99. The Hall–Kier alpha value is -0.870. The molecule has 1 saturated heterocycles. The topological polar surface area (TPSA) is 39.1 Å². The summed E-state index contributed by atoms with van der Waals surface area (Å²) in [4.78, 5) is 0. The van der Waals surface area contributed by atoms with Crippen LogP contribution in [0, 0.1) is 5.92 Å². The third-order valence-electron chi connectivity index (χ3n) is 4.08. The van der Waals surface area contributed by atoms with Crippen LogP contribution in [0.25, 0.3) is 0 Å². The van der Waals surface area contributed by atoms with E-state index in [0.717, 1.165) is 32.4 Å². The Labute approximate surface area is 116 Å².